The molecule has 2 rings (SSSR count). The second-order valence-electron chi connectivity index (χ2n) is 7.58. The molecule has 0 spiro atoms. The van der Waals surface area contributed by atoms with E-state index in [0.717, 1.165) is 11.4 Å². The van der Waals surface area contributed by atoms with E-state index in [2.05, 4.69) is 75.9 Å². The van der Waals surface area contributed by atoms with Crippen LogP contribution in [0.15, 0.2) is 54.1 Å². The standard InChI is InChI=1S/C19H27N2P/c1-18(2,3)22(19(4,5)6)14-15-10-9-12-17(21-15)16-11-7-8-13-20-16/h7-14,21H,1-6H3/b15-14-. The van der Waals surface area contributed by atoms with Gasteiger partial charge in [-0.05, 0) is 40.4 Å². The summed E-state index contributed by atoms with van der Waals surface area (Å²) in [6, 6.07) is 5.99. The number of allylic oxidation sites excluding steroid dienone is 3. The van der Waals surface area contributed by atoms with E-state index in [-0.39, 0.29) is 18.2 Å². The molecule has 1 aromatic heterocycles. The molecule has 118 valence electrons. The molecule has 0 atom stereocenters. The van der Waals surface area contributed by atoms with Crippen LogP contribution >= 0.6 is 7.92 Å². The number of nitrogens with one attached hydrogen (secondary N) is 1. The normalized spacial score (nSPS) is 17.6. The van der Waals surface area contributed by atoms with Gasteiger partial charge in [0.05, 0.1) is 11.4 Å². The third kappa shape index (κ3) is 4.30. The van der Waals surface area contributed by atoms with Crippen LogP contribution in [0.25, 0.3) is 5.70 Å². The summed E-state index contributed by atoms with van der Waals surface area (Å²) in [5, 5.41) is 4.09. The number of aromatic nitrogens is 1. The molecule has 0 saturated carbocycles. The van der Waals surface area contributed by atoms with Crippen LogP contribution in [-0.4, -0.2) is 15.3 Å². The van der Waals surface area contributed by atoms with Crippen molar-refractivity contribution in [3.8, 4) is 0 Å². The Bertz CT molecular complexity index is 585. The molecule has 22 heavy (non-hydrogen) atoms. The molecule has 2 heterocycles. The second kappa shape index (κ2) is 6.38. The molecule has 0 radical (unpaired) electrons. The van der Waals surface area contributed by atoms with E-state index in [1.54, 1.807) is 0 Å². The molecule has 0 saturated heterocycles. The van der Waals surface area contributed by atoms with Crippen molar-refractivity contribution in [2.75, 3.05) is 0 Å². The molecular weight excluding hydrogens is 287 g/mol. The van der Waals surface area contributed by atoms with E-state index in [1.165, 1.54) is 5.70 Å². The molecule has 1 N–H and O–H groups in total. The van der Waals surface area contributed by atoms with Crippen LogP contribution in [0.4, 0.5) is 0 Å². The number of hydrogen-bond acceptors (Lipinski definition) is 2. The number of pyridine rings is 1. The van der Waals surface area contributed by atoms with Crippen LogP contribution in [0, 0.1) is 0 Å². The van der Waals surface area contributed by atoms with Crippen molar-refractivity contribution in [2.24, 2.45) is 0 Å². The molecule has 0 amide bonds. The summed E-state index contributed by atoms with van der Waals surface area (Å²) in [7, 11) is -0.277. The van der Waals surface area contributed by atoms with E-state index in [4.69, 9.17) is 0 Å². The fourth-order valence-electron chi connectivity index (χ4n) is 2.77. The summed E-state index contributed by atoms with van der Waals surface area (Å²) in [5.41, 5.74) is 3.22. The van der Waals surface area contributed by atoms with Crippen LogP contribution in [0.2, 0.25) is 0 Å². The van der Waals surface area contributed by atoms with Gasteiger partial charge in [0.1, 0.15) is 0 Å². The highest BCUT2D eigenvalue weighted by Gasteiger charge is 2.33. The van der Waals surface area contributed by atoms with Crippen molar-refractivity contribution < 1.29 is 0 Å². The smallest absolute Gasteiger partial charge is 0.0864 e. The van der Waals surface area contributed by atoms with Gasteiger partial charge in [-0.3, -0.25) is 4.98 Å². The molecular formula is C19H27N2P. The van der Waals surface area contributed by atoms with Crippen molar-refractivity contribution in [3.05, 3.63) is 59.8 Å². The molecule has 1 aromatic rings. The molecule has 0 aliphatic carbocycles. The SMILES string of the molecule is CC(C)(C)P(/C=C1/C=CC=C(c2ccccn2)N1)C(C)(C)C. The van der Waals surface area contributed by atoms with Crippen molar-refractivity contribution in [3.63, 3.8) is 0 Å². The lowest BCUT2D eigenvalue weighted by Gasteiger charge is -2.40. The van der Waals surface area contributed by atoms with E-state index < -0.39 is 0 Å². The van der Waals surface area contributed by atoms with Crippen molar-refractivity contribution in [2.45, 2.75) is 51.9 Å². The summed E-state index contributed by atoms with van der Waals surface area (Å²) in [6.07, 6.45) is 8.16. The van der Waals surface area contributed by atoms with Crippen molar-refractivity contribution >= 4 is 13.6 Å². The van der Waals surface area contributed by atoms with Crippen LogP contribution < -0.4 is 5.32 Å². The zero-order valence-corrected chi connectivity index (χ0v) is 15.4. The molecule has 1 aliphatic rings. The summed E-state index contributed by atoms with van der Waals surface area (Å²) in [5.74, 6) is 2.43. The van der Waals surface area contributed by atoms with E-state index in [9.17, 15) is 0 Å². The van der Waals surface area contributed by atoms with E-state index in [0.29, 0.717) is 0 Å². The van der Waals surface area contributed by atoms with Gasteiger partial charge in [-0.15, -0.1) is 0 Å². The first-order valence-electron chi connectivity index (χ1n) is 7.76. The highest BCUT2D eigenvalue weighted by atomic mass is 31.1. The Hall–Kier alpha value is -1.40. The van der Waals surface area contributed by atoms with Gasteiger partial charge in [0.15, 0.2) is 0 Å². The second-order valence-corrected chi connectivity index (χ2v) is 11.3. The van der Waals surface area contributed by atoms with Gasteiger partial charge in [0.25, 0.3) is 0 Å². The Balaban J connectivity index is 2.27. The lowest BCUT2D eigenvalue weighted by molar-refractivity contribution is 0.713. The van der Waals surface area contributed by atoms with Gasteiger partial charge in [-0.1, -0.05) is 61.6 Å². The van der Waals surface area contributed by atoms with Gasteiger partial charge in [-0.25, -0.2) is 0 Å². The summed E-state index contributed by atoms with van der Waals surface area (Å²) >= 11 is 0. The first kappa shape index (κ1) is 17.0. The molecule has 3 heteroatoms. The number of dihydropyridines is 1. The molecule has 0 aromatic carbocycles. The van der Waals surface area contributed by atoms with Crippen molar-refractivity contribution in [1.82, 2.24) is 10.3 Å². The molecule has 0 fully saturated rings. The minimum absolute atomic E-state index is 0.277. The maximum Gasteiger partial charge on any atom is 0.0864 e. The van der Waals surface area contributed by atoms with Crippen molar-refractivity contribution in [1.29, 1.82) is 0 Å². The summed E-state index contributed by atoms with van der Waals surface area (Å²) in [6.45, 7) is 14.0. The van der Waals surface area contributed by atoms with Gasteiger partial charge in [0, 0.05) is 11.9 Å². The lowest BCUT2D eigenvalue weighted by atomic mass is 10.2. The average molecular weight is 314 g/mol. The highest BCUT2D eigenvalue weighted by molar-refractivity contribution is 7.64. The largest absolute Gasteiger partial charge is 0.354 e. The fourth-order valence-corrected chi connectivity index (χ4v) is 5.98. The highest BCUT2D eigenvalue weighted by Crippen LogP contribution is 2.60. The molecule has 0 bridgehead atoms. The zero-order chi connectivity index (χ0) is 16.4. The lowest BCUT2D eigenvalue weighted by Crippen LogP contribution is -2.25. The van der Waals surface area contributed by atoms with E-state index >= 15 is 0 Å². The van der Waals surface area contributed by atoms with Crippen LogP contribution in [-0.2, 0) is 0 Å². The van der Waals surface area contributed by atoms with Crippen LogP contribution in [0.5, 0.6) is 0 Å². The van der Waals surface area contributed by atoms with Gasteiger partial charge in [-0.2, -0.15) is 0 Å². The quantitative estimate of drug-likeness (QED) is 0.729. The van der Waals surface area contributed by atoms with E-state index in [1.807, 2.05) is 24.4 Å². The Morgan fingerprint density at radius 1 is 1.05 bits per heavy atom. The number of rotatable bonds is 2. The fraction of sp³-hybridized carbons (Fsp3) is 0.421. The molecule has 1 aliphatic heterocycles. The maximum absolute atomic E-state index is 4.43. The Kier molecular flexibility index (Phi) is 4.92. The van der Waals surface area contributed by atoms with Gasteiger partial charge < -0.3 is 5.32 Å². The Labute approximate surface area is 136 Å². The summed E-state index contributed by atoms with van der Waals surface area (Å²) < 4.78 is 0. The van der Waals surface area contributed by atoms with Gasteiger partial charge >= 0.3 is 0 Å². The predicted molar refractivity (Wildman–Crippen MR) is 99.0 cm³/mol. The first-order chi connectivity index (χ1) is 10.2. The number of hydrogen-bond donors (Lipinski definition) is 1. The molecule has 2 nitrogen and oxygen atoms in total. The average Bonchev–Trinajstić information content (AvgIpc) is 2.44. The molecule has 0 unspecified atom stereocenters. The Morgan fingerprint density at radius 2 is 1.73 bits per heavy atom. The maximum atomic E-state index is 4.43. The third-order valence-corrected chi connectivity index (χ3v) is 6.90. The van der Waals surface area contributed by atoms with Gasteiger partial charge in [0.2, 0.25) is 0 Å². The third-order valence-electron chi connectivity index (χ3n) is 3.47. The zero-order valence-electron chi connectivity index (χ0n) is 14.5. The van der Waals surface area contributed by atoms with Crippen LogP contribution in [0.1, 0.15) is 47.2 Å². The minimum Gasteiger partial charge on any atom is -0.354 e. The minimum atomic E-state index is -0.277. The number of nitrogens with zero attached hydrogens (tertiary/aromatic N) is 1. The Morgan fingerprint density at radius 3 is 2.27 bits per heavy atom. The first-order valence-corrected chi connectivity index (χ1v) is 9.17. The van der Waals surface area contributed by atoms with Crippen LogP contribution in [0.3, 0.4) is 0 Å². The topological polar surface area (TPSA) is 24.9 Å². The monoisotopic (exact) mass is 314 g/mol. The predicted octanol–water partition coefficient (Wildman–Crippen LogP) is 5.50. The summed E-state index contributed by atoms with van der Waals surface area (Å²) in [4.78, 5) is 4.43.